The highest BCUT2D eigenvalue weighted by Gasteiger charge is 2.22. The van der Waals surface area contributed by atoms with Crippen LogP contribution in [0.15, 0.2) is 192 Å². The summed E-state index contributed by atoms with van der Waals surface area (Å²) in [7, 11) is 0. The van der Waals surface area contributed by atoms with Gasteiger partial charge in [0.1, 0.15) is 11.2 Å². The minimum Gasteiger partial charge on any atom is -0.456 e. The Bertz CT molecular complexity index is 4080. The highest BCUT2D eigenvalue weighted by atomic mass is 32.1. The Labute approximate surface area is 378 Å². The van der Waals surface area contributed by atoms with E-state index in [1.54, 1.807) is 22.7 Å². The van der Waals surface area contributed by atoms with Gasteiger partial charge in [-0.3, -0.25) is 0 Å². The van der Waals surface area contributed by atoms with Gasteiger partial charge in [-0.25, -0.2) is 15.0 Å². The van der Waals surface area contributed by atoms with Gasteiger partial charge in [0.25, 0.3) is 0 Å². The Kier molecular flexibility index (Phi) is 7.86. The van der Waals surface area contributed by atoms with Crippen LogP contribution in [0.4, 0.5) is 0 Å². The molecule has 9 aromatic carbocycles. The number of thiophene rings is 3. The zero-order chi connectivity index (χ0) is 41.9. The second-order valence-electron chi connectivity index (χ2n) is 16.2. The maximum absolute atomic E-state index is 6.68. The van der Waals surface area contributed by atoms with E-state index < -0.39 is 0 Å². The molecular weight excluding hydrogens is 839 g/mol. The first kappa shape index (κ1) is 36.0. The van der Waals surface area contributed by atoms with Crippen molar-refractivity contribution in [2.24, 2.45) is 0 Å². The molecule has 0 saturated carbocycles. The molecule has 0 saturated heterocycles. The van der Waals surface area contributed by atoms with Crippen molar-refractivity contribution in [3.8, 4) is 56.4 Å². The van der Waals surface area contributed by atoms with E-state index in [1.165, 1.54) is 77.2 Å². The molecule has 0 amide bonds. The van der Waals surface area contributed by atoms with E-state index in [1.807, 2.05) is 17.4 Å². The first-order valence-corrected chi connectivity index (χ1v) is 23.7. The smallest absolute Gasteiger partial charge is 0.164 e. The maximum Gasteiger partial charge on any atom is 0.164 e. The molecule has 0 radical (unpaired) electrons. The fourth-order valence-corrected chi connectivity index (χ4v) is 13.0. The molecule has 298 valence electrons. The van der Waals surface area contributed by atoms with Crippen molar-refractivity contribution in [2.45, 2.75) is 0 Å². The topological polar surface area (TPSA) is 51.8 Å². The lowest BCUT2D eigenvalue weighted by molar-refractivity contribution is 0.669. The minimum atomic E-state index is 0.600. The average molecular weight is 870 g/mol. The molecule has 14 rings (SSSR count). The molecule has 0 bridgehead atoms. The van der Waals surface area contributed by atoms with E-state index in [2.05, 4.69) is 182 Å². The fourth-order valence-electron chi connectivity index (χ4n) is 9.63. The summed E-state index contributed by atoms with van der Waals surface area (Å²) in [4.78, 5) is 15.9. The van der Waals surface area contributed by atoms with Crippen LogP contribution in [0.1, 0.15) is 0 Å². The molecule has 0 spiro atoms. The Morgan fingerprint density at radius 3 is 1.55 bits per heavy atom. The summed E-state index contributed by atoms with van der Waals surface area (Å²) in [6.45, 7) is 0. The van der Waals surface area contributed by atoms with E-state index >= 15 is 0 Å². The average Bonchev–Trinajstić information content (AvgIpc) is 4.13. The van der Waals surface area contributed by atoms with Crippen LogP contribution in [0.5, 0.6) is 0 Å². The highest BCUT2D eigenvalue weighted by molar-refractivity contribution is 7.26. The van der Waals surface area contributed by atoms with E-state index in [-0.39, 0.29) is 0 Å². The summed E-state index contributed by atoms with van der Waals surface area (Å²) in [5.41, 5.74) is 9.11. The first-order valence-electron chi connectivity index (χ1n) is 21.2. The summed E-state index contributed by atoms with van der Waals surface area (Å²) >= 11 is 5.44. The van der Waals surface area contributed by atoms with Gasteiger partial charge in [-0.1, -0.05) is 133 Å². The molecule has 64 heavy (non-hydrogen) atoms. The second kappa shape index (κ2) is 14.0. The van der Waals surface area contributed by atoms with Crippen molar-refractivity contribution in [1.29, 1.82) is 0 Å². The van der Waals surface area contributed by atoms with Crippen molar-refractivity contribution >= 4 is 116 Å². The molecule has 4 nitrogen and oxygen atoms in total. The zero-order valence-corrected chi connectivity index (χ0v) is 36.3. The number of aromatic nitrogens is 3. The van der Waals surface area contributed by atoms with Crippen LogP contribution in [-0.2, 0) is 0 Å². The number of hydrogen-bond acceptors (Lipinski definition) is 7. The van der Waals surface area contributed by atoms with Gasteiger partial charge in [-0.05, 0) is 76.9 Å². The number of rotatable bonds is 5. The quantitative estimate of drug-likeness (QED) is 0.173. The highest BCUT2D eigenvalue weighted by Crippen LogP contribution is 2.47. The Morgan fingerprint density at radius 2 is 0.859 bits per heavy atom. The monoisotopic (exact) mass is 869 g/mol. The molecule has 0 N–H and O–H groups in total. The molecule has 0 fully saturated rings. The predicted octanol–water partition coefficient (Wildman–Crippen LogP) is 17.2. The Balaban J connectivity index is 1.01. The van der Waals surface area contributed by atoms with E-state index in [0.717, 1.165) is 44.2 Å². The van der Waals surface area contributed by atoms with Crippen LogP contribution >= 0.6 is 34.0 Å². The summed E-state index contributed by atoms with van der Waals surface area (Å²) < 4.78 is 14.2. The fraction of sp³-hybridized carbons (Fsp3) is 0. The predicted molar refractivity (Wildman–Crippen MR) is 273 cm³/mol. The first-order chi connectivity index (χ1) is 31.7. The van der Waals surface area contributed by atoms with Crippen LogP contribution in [0.25, 0.3) is 139 Å². The lowest BCUT2D eigenvalue weighted by Crippen LogP contribution is -2.00. The van der Waals surface area contributed by atoms with Crippen LogP contribution < -0.4 is 0 Å². The van der Waals surface area contributed by atoms with Gasteiger partial charge in [-0.15, -0.1) is 34.0 Å². The van der Waals surface area contributed by atoms with Crippen molar-refractivity contribution < 1.29 is 4.42 Å². The van der Waals surface area contributed by atoms with Crippen molar-refractivity contribution in [3.05, 3.63) is 188 Å². The molecule has 0 aliphatic heterocycles. The molecular formula is C57H31N3OS3. The van der Waals surface area contributed by atoms with Crippen LogP contribution in [0.2, 0.25) is 0 Å². The molecule has 5 aromatic heterocycles. The molecule has 7 heteroatoms. The molecule has 5 heterocycles. The van der Waals surface area contributed by atoms with E-state index in [0.29, 0.717) is 17.5 Å². The summed E-state index contributed by atoms with van der Waals surface area (Å²) in [5, 5.41) is 9.53. The van der Waals surface area contributed by atoms with Crippen LogP contribution in [-0.4, -0.2) is 15.0 Å². The lowest BCUT2D eigenvalue weighted by Gasteiger charge is -2.13. The number of hydrogen-bond donors (Lipinski definition) is 0. The number of furan rings is 1. The molecule has 0 aliphatic carbocycles. The number of fused-ring (bicyclic) bond motifs is 12. The third-order valence-electron chi connectivity index (χ3n) is 12.6. The Hall–Kier alpha value is -7.55. The normalized spacial score (nSPS) is 12.1. The summed E-state index contributed by atoms with van der Waals surface area (Å²) in [6, 6.07) is 67.3. The van der Waals surface area contributed by atoms with Gasteiger partial charge in [0.15, 0.2) is 17.5 Å². The third-order valence-corrected chi connectivity index (χ3v) is 16.0. The van der Waals surface area contributed by atoms with Gasteiger partial charge in [0, 0.05) is 88.0 Å². The van der Waals surface area contributed by atoms with E-state index in [9.17, 15) is 0 Å². The van der Waals surface area contributed by atoms with Gasteiger partial charge in [-0.2, -0.15) is 0 Å². The molecule has 14 aromatic rings. The second-order valence-corrected chi connectivity index (χ2v) is 19.5. The number of benzene rings is 9. The van der Waals surface area contributed by atoms with Crippen LogP contribution in [0, 0.1) is 0 Å². The van der Waals surface area contributed by atoms with Crippen molar-refractivity contribution in [2.75, 3.05) is 0 Å². The van der Waals surface area contributed by atoms with Gasteiger partial charge in [0.2, 0.25) is 0 Å². The number of nitrogens with zero attached hydrogens (tertiary/aromatic N) is 3. The van der Waals surface area contributed by atoms with Gasteiger partial charge >= 0.3 is 0 Å². The summed E-state index contributed by atoms with van der Waals surface area (Å²) in [5.74, 6) is 1.86. The molecule has 0 unspecified atom stereocenters. The van der Waals surface area contributed by atoms with Crippen LogP contribution in [0.3, 0.4) is 0 Å². The SMILES string of the molecule is c1ccc(-c2ccc3sc4ccccc4c3c2-c2ccc3oc4cccc(-c5nc(-c6ccc7c(c6)sc6ccccc67)nc(-c6ccc7c(c6)sc6ccccc67)n5)c4c3c2)cc1. The van der Waals surface area contributed by atoms with Gasteiger partial charge < -0.3 is 4.42 Å². The Morgan fingerprint density at radius 1 is 0.297 bits per heavy atom. The minimum absolute atomic E-state index is 0.600. The summed E-state index contributed by atoms with van der Waals surface area (Å²) in [6.07, 6.45) is 0. The third kappa shape index (κ3) is 5.55. The molecule has 0 aliphatic rings. The largest absolute Gasteiger partial charge is 0.456 e. The van der Waals surface area contributed by atoms with Crippen molar-refractivity contribution in [3.63, 3.8) is 0 Å². The maximum atomic E-state index is 6.68. The van der Waals surface area contributed by atoms with E-state index in [4.69, 9.17) is 19.4 Å². The zero-order valence-electron chi connectivity index (χ0n) is 33.9. The van der Waals surface area contributed by atoms with Crippen molar-refractivity contribution in [1.82, 2.24) is 15.0 Å². The standard InChI is InChI=1S/C57H31N3OS3/c1-2-11-32(12-3-1)36-26-28-49-54(41-15-6-9-20-48(41)62-49)52(36)33-23-27-44-43(29-33)53-42(16-10-17-45(53)61-44)57-59-55(34-21-24-39-37-13-4-7-18-46(37)63-50(39)30-34)58-56(60-57)35-22-25-40-38-14-5-8-19-47(38)64-51(40)31-35/h1-31H. The lowest BCUT2D eigenvalue weighted by atomic mass is 9.90. The molecule has 0 atom stereocenters. The van der Waals surface area contributed by atoms with Gasteiger partial charge in [0.05, 0.1) is 0 Å².